The maximum absolute atomic E-state index is 11.1. The fourth-order valence-corrected chi connectivity index (χ4v) is 3.88. The zero-order chi connectivity index (χ0) is 16.7. The zero-order valence-corrected chi connectivity index (χ0v) is 12.8. The van der Waals surface area contributed by atoms with E-state index in [4.69, 9.17) is 0 Å². The number of rotatable bonds is 2. The van der Waals surface area contributed by atoms with Crippen molar-refractivity contribution in [2.45, 2.75) is 18.4 Å². The third kappa shape index (κ3) is 2.16. The van der Waals surface area contributed by atoms with Crippen molar-refractivity contribution in [1.29, 1.82) is 5.26 Å². The van der Waals surface area contributed by atoms with E-state index in [1.54, 1.807) is 18.2 Å². The summed E-state index contributed by atoms with van der Waals surface area (Å²) in [6.45, 7) is 0. The van der Waals surface area contributed by atoms with Crippen molar-refractivity contribution < 1.29 is 4.92 Å². The van der Waals surface area contributed by atoms with Crippen LogP contribution in [0.4, 0.5) is 11.4 Å². The lowest BCUT2D eigenvalue weighted by Gasteiger charge is -2.37. The van der Waals surface area contributed by atoms with E-state index in [-0.39, 0.29) is 22.6 Å². The summed E-state index contributed by atoms with van der Waals surface area (Å²) in [7, 11) is 0. The van der Waals surface area contributed by atoms with E-state index in [0.29, 0.717) is 11.5 Å². The number of allylic oxidation sites excluding steroid dienone is 2. The predicted octanol–water partition coefficient (Wildman–Crippen LogP) is 4.29. The van der Waals surface area contributed by atoms with Crippen molar-refractivity contribution in [3.63, 3.8) is 0 Å². The van der Waals surface area contributed by atoms with E-state index in [0.717, 1.165) is 23.2 Å². The monoisotopic (exact) mass is 317 g/mol. The molecule has 0 saturated carbocycles. The number of fused-ring (bicyclic) bond motifs is 3. The highest BCUT2D eigenvalue weighted by Crippen LogP contribution is 2.50. The van der Waals surface area contributed by atoms with Crippen LogP contribution in [-0.4, -0.2) is 4.92 Å². The van der Waals surface area contributed by atoms with Gasteiger partial charge in [-0.05, 0) is 29.5 Å². The summed E-state index contributed by atoms with van der Waals surface area (Å²) >= 11 is 0. The maximum atomic E-state index is 11.1. The Morgan fingerprint density at radius 3 is 2.88 bits per heavy atom. The van der Waals surface area contributed by atoms with E-state index in [1.807, 2.05) is 12.1 Å². The Balaban J connectivity index is 1.82. The average molecular weight is 317 g/mol. The molecule has 0 radical (unpaired) electrons. The van der Waals surface area contributed by atoms with Crippen LogP contribution < -0.4 is 5.32 Å². The molecule has 1 aliphatic carbocycles. The van der Waals surface area contributed by atoms with Gasteiger partial charge in [-0.2, -0.15) is 5.26 Å². The molecule has 2 aliphatic rings. The molecule has 0 aromatic heterocycles. The molecule has 0 bridgehead atoms. The van der Waals surface area contributed by atoms with Crippen molar-refractivity contribution in [1.82, 2.24) is 0 Å². The maximum Gasteiger partial charge on any atom is 0.269 e. The fourth-order valence-electron chi connectivity index (χ4n) is 3.88. The third-order valence-corrected chi connectivity index (χ3v) is 4.96. The Morgan fingerprint density at radius 2 is 2.08 bits per heavy atom. The minimum atomic E-state index is -0.370. The van der Waals surface area contributed by atoms with Crippen LogP contribution in [0.2, 0.25) is 0 Å². The van der Waals surface area contributed by atoms with Crippen LogP contribution >= 0.6 is 0 Å². The number of anilines is 1. The van der Waals surface area contributed by atoms with Crippen molar-refractivity contribution >= 4 is 11.4 Å². The molecule has 5 heteroatoms. The summed E-state index contributed by atoms with van der Waals surface area (Å²) < 4.78 is 0. The quantitative estimate of drug-likeness (QED) is 0.509. The van der Waals surface area contributed by atoms with Crippen molar-refractivity contribution in [2.24, 2.45) is 5.92 Å². The molecule has 3 atom stereocenters. The number of para-hydroxylation sites is 1. The van der Waals surface area contributed by atoms with Gasteiger partial charge in [-0.1, -0.05) is 36.4 Å². The highest BCUT2D eigenvalue weighted by Gasteiger charge is 2.38. The minimum Gasteiger partial charge on any atom is -0.377 e. The van der Waals surface area contributed by atoms with Gasteiger partial charge in [0.05, 0.1) is 22.2 Å². The highest BCUT2D eigenvalue weighted by atomic mass is 16.6. The highest BCUT2D eigenvalue weighted by molar-refractivity contribution is 5.68. The van der Waals surface area contributed by atoms with E-state index < -0.39 is 0 Å². The van der Waals surface area contributed by atoms with Gasteiger partial charge in [0.1, 0.15) is 6.07 Å². The van der Waals surface area contributed by atoms with Crippen LogP contribution in [-0.2, 0) is 0 Å². The second-order valence-electron chi connectivity index (χ2n) is 6.21. The molecule has 0 amide bonds. The number of hydrogen-bond acceptors (Lipinski definition) is 4. The van der Waals surface area contributed by atoms with Gasteiger partial charge in [-0.25, -0.2) is 0 Å². The standard InChI is InChI=1S/C19H15N3O2/c20-11-13-5-2-8-17-15-7-3-9-16(15)18(21-19(13)17)12-4-1-6-14(10-12)22(23)24/h1-8,10,15-16,18,21H,9H2. The van der Waals surface area contributed by atoms with Gasteiger partial charge < -0.3 is 5.32 Å². The van der Waals surface area contributed by atoms with Gasteiger partial charge in [-0.15, -0.1) is 0 Å². The molecule has 1 heterocycles. The second kappa shape index (κ2) is 5.50. The second-order valence-corrected chi connectivity index (χ2v) is 6.21. The summed E-state index contributed by atoms with van der Waals surface area (Å²) in [6.07, 6.45) is 5.27. The smallest absolute Gasteiger partial charge is 0.269 e. The largest absolute Gasteiger partial charge is 0.377 e. The molecule has 4 rings (SSSR count). The summed E-state index contributed by atoms with van der Waals surface area (Å²) in [5.74, 6) is 0.534. The third-order valence-electron chi connectivity index (χ3n) is 4.96. The molecule has 0 saturated heterocycles. The van der Waals surface area contributed by atoms with Gasteiger partial charge >= 0.3 is 0 Å². The fraction of sp³-hybridized carbons (Fsp3) is 0.211. The SMILES string of the molecule is N#Cc1cccc2c1NC(c1cccc([N+](=O)[O-])c1)C1CC=CC21. The molecule has 0 fully saturated rings. The number of nitro benzene ring substituents is 1. The molecule has 1 aliphatic heterocycles. The van der Waals surface area contributed by atoms with E-state index in [9.17, 15) is 15.4 Å². The number of nitrogens with zero attached hydrogens (tertiary/aromatic N) is 2. The minimum absolute atomic E-state index is 0.0492. The van der Waals surface area contributed by atoms with Crippen molar-refractivity contribution in [2.75, 3.05) is 5.32 Å². The molecule has 5 nitrogen and oxygen atoms in total. The molecule has 118 valence electrons. The first-order chi connectivity index (χ1) is 11.7. The molecule has 3 unspecified atom stereocenters. The molecule has 0 spiro atoms. The summed E-state index contributed by atoms with van der Waals surface area (Å²) in [4.78, 5) is 10.7. The molecule has 24 heavy (non-hydrogen) atoms. The van der Waals surface area contributed by atoms with Crippen LogP contribution in [0.15, 0.2) is 54.6 Å². The first-order valence-corrected chi connectivity index (χ1v) is 7.89. The Kier molecular flexibility index (Phi) is 3.31. The average Bonchev–Trinajstić information content (AvgIpc) is 3.10. The number of nitro groups is 1. The van der Waals surface area contributed by atoms with Gasteiger partial charge in [0.25, 0.3) is 5.69 Å². The normalized spacial score (nSPS) is 23.7. The number of nitriles is 1. The van der Waals surface area contributed by atoms with Crippen molar-refractivity contribution in [3.8, 4) is 6.07 Å². The molecule has 2 aromatic carbocycles. The Bertz CT molecular complexity index is 898. The summed E-state index contributed by atoms with van der Waals surface area (Å²) in [5.41, 5.74) is 3.58. The number of nitrogens with one attached hydrogen (secondary N) is 1. The van der Waals surface area contributed by atoms with E-state index in [2.05, 4.69) is 29.6 Å². The van der Waals surface area contributed by atoms with Gasteiger partial charge in [-0.3, -0.25) is 10.1 Å². The Labute approximate surface area is 139 Å². The number of hydrogen-bond donors (Lipinski definition) is 1. The zero-order valence-electron chi connectivity index (χ0n) is 12.8. The topological polar surface area (TPSA) is 79.0 Å². The summed E-state index contributed by atoms with van der Waals surface area (Å²) in [5, 5.41) is 24.0. The lowest BCUT2D eigenvalue weighted by molar-refractivity contribution is -0.384. The van der Waals surface area contributed by atoms with Crippen LogP contribution in [0.5, 0.6) is 0 Å². The van der Waals surface area contributed by atoms with Gasteiger partial charge in [0, 0.05) is 18.1 Å². The molecular formula is C19H15N3O2. The number of non-ortho nitro benzene ring substituents is 1. The Hall–Kier alpha value is -3.13. The number of benzene rings is 2. The van der Waals surface area contributed by atoms with Gasteiger partial charge in [0.2, 0.25) is 0 Å². The predicted molar refractivity (Wildman–Crippen MR) is 90.6 cm³/mol. The van der Waals surface area contributed by atoms with Gasteiger partial charge in [0.15, 0.2) is 0 Å². The molecular weight excluding hydrogens is 302 g/mol. The van der Waals surface area contributed by atoms with E-state index >= 15 is 0 Å². The van der Waals surface area contributed by atoms with Crippen molar-refractivity contribution in [3.05, 3.63) is 81.4 Å². The van der Waals surface area contributed by atoms with Crippen LogP contribution in [0, 0.1) is 27.4 Å². The lowest BCUT2D eigenvalue weighted by atomic mass is 9.76. The summed E-state index contributed by atoms with van der Waals surface area (Å²) in [6, 6.07) is 14.7. The van der Waals surface area contributed by atoms with Crippen LogP contribution in [0.25, 0.3) is 0 Å². The first-order valence-electron chi connectivity index (χ1n) is 7.89. The van der Waals surface area contributed by atoms with Crippen LogP contribution in [0.1, 0.15) is 35.1 Å². The first kappa shape index (κ1) is 14.5. The Morgan fingerprint density at radius 1 is 1.25 bits per heavy atom. The lowest BCUT2D eigenvalue weighted by Crippen LogP contribution is -2.29. The molecule has 1 N–H and O–H groups in total. The van der Waals surface area contributed by atoms with Crippen LogP contribution in [0.3, 0.4) is 0 Å². The van der Waals surface area contributed by atoms with E-state index in [1.165, 1.54) is 6.07 Å². The molecule has 2 aromatic rings.